The first-order valence-electron chi connectivity index (χ1n) is 8.73. The molecule has 2 aromatic rings. The van der Waals surface area contributed by atoms with E-state index in [1.807, 2.05) is 6.07 Å². The minimum Gasteiger partial charge on any atom is -0.495 e. The van der Waals surface area contributed by atoms with Crippen LogP contribution in [-0.4, -0.2) is 33.0 Å². The van der Waals surface area contributed by atoms with Crippen molar-refractivity contribution >= 4 is 15.9 Å². The maximum atomic E-state index is 13.7. The normalized spacial score (nSPS) is 13.0. The summed E-state index contributed by atoms with van der Waals surface area (Å²) in [6, 6.07) is 11.1. The summed E-state index contributed by atoms with van der Waals surface area (Å²) < 4.78 is 46.9. The van der Waals surface area contributed by atoms with Gasteiger partial charge in [-0.05, 0) is 51.0 Å². The Hall–Kier alpha value is -2.45. The molecule has 0 aromatic heterocycles. The van der Waals surface area contributed by atoms with Crippen molar-refractivity contribution in [1.29, 1.82) is 0 Å². The van der Waals surface area contributed by atoms with Gasteiger partial charge in [-0.3, -0.25) is 4.79 Å². The zero-order chi connectivity index (χ0) is 20.9. The minimum atomic E-state index is -4.22. The highest BCUT2D eigenvalue weighted by atomic mass is 32.2. The van der Waals surface area contributed by atoms with E-state index in [0.717, 1.165) is 17.7 Å². The smallest absolute Gasteiger partial charge is 0.245 e. The third-order valence-electron chi connectivity index (χ3n) is 3.81. The number of nitrogens with one attached hydrogen (secondary N) is 2. The molecule has 152 valence electrons. The Bertz CT molecular complexity index is 925. The van der Waals surface area contributed by atoms with Crippen LogP contribution in [0, 0.1) is 5.82 Å². The van der Waals surface area contributed by atoms with E-state index in [4.69, 9.17) is 4.74 Å². The van der Waals surface area contributed by atoms with E-state index in [1.165, 1.54) is 13.2 Å². The highest BCUT2D eigenvalue weighted by Crippen LogP contribution is 2.24. The van der Waals surface area contributed by atoms with Crippen molar-refractivity contribution in [3.8, 4) is 5.75 Å². The van der Waals surface area contributed by atoms with Gasteiger partial charge in [0, 0.05) is 5.54 Å². The first-order chi connectivity index (χ1) is 13.0. The number of rotatable bonds is 7. The number of benzene rings is 2. The fourth-order valence-electron chi connectivity index (χ4n) is 2.61. The van der Waals surface area contributed by atoms with Crippen LogP contribution in [0.3, 0.4) is 0 Å². The fraction of sp³-hybridized carbons (Fsp3) is 0.350. The second-order valence-electron chi connectivity index (χ2n) is 7.40. The van der Waals surface area contributed by atoms with E-state index < -0.39 is 33.3 Å². The van der Waals surface area contributed by atoms with Gasteiger partial charge in [0.05, 0.1) is 7.11 Å². The average molecular weight is 408 g/mol. The van der Waals surface area contributed by atoms with Crippen LogP contribution in [0.25, 0.3) is 0 Å². The van der Waals surface area contributed by atoms with Crippen molar-refractivity contribution in [1.82, 2.24) is 10.0 Å². The van der Waals surface area contributed by atoms with E-state index in [2.05, 4.69) is 10.0 Å². The largest absolute Gasteiger partial charge is 0.495 e. The molecule has 2 rings (SSSR count). The lowest BCUT2D eigenvalue weighted by Gasteiger charge is -2.25. The van der Waals surface area contributed by atoms with Gasteiger partial charge < -0.3 is 10.1 Å². The lowest BCUT2D eigenvalue weighted by Crippen LogP contribution is -2.53. The lowest BCUT2D eigenvalue weighted by molar-refractivity contribution is -0.124. The van der Waals surface area contributed by atoms with Gasteiger partial charge in [0.25, 0.3) is 0 Å². The predicted octanol–water partition coefficient (Wildman–Crippen LogP) is 2.64. The van der Waals surface area contributed by atoms with Crippen LogP contribution in [0.2, 0.25) is 0 Å². The van der Waals surface area contributed by atoms with E-state index >= 15 is 0 Å². The lowest BCUT2D eigenvalue weighted by atomic mass is 10.0. The van der Waals surface area contributed by atoms with Gasteiger partial charge in [0.15, 0.2) is 0 Å². The van der Waals surface area contributed by atoms with E-state index in [1.54, 1.807) is 45.0 Å². The first-order valence-corrected chi connectivity index (χ1v) is 10.2. The van der Waals surface area contributed by atoms with Gasteiger partial charge in [-0.1, -0.05) is 30.3 Å². The zero-order valence-corrected chi connectivity index (χ0v) is 17.1. The second-order valence-corrected chi connectivity index (χ2v) is 9.08. The molecule has 6 nitrogen and oxygen atoms in total. The van der Waals surface area contributed by atoms with Crippen LogP contribution in [0.5, 0.6) is 5.75 Å². The van der Waals surface area contributed by atoms with Crippen LogP contribution >= 0.6 is 0 Å². The van der Waals surface area contributed by atoms with Gasteiger partial charge >= 0.3 is 0 Å². The Morgan fingerprint density at radius 3 is 2.36 bits per heavy atom. The van der Waals surface area contributed by atoms with Crippen molar-refractivity contribution in [3.63, 3.8) is 0 Å². The summed E-state index contributed by atoms with van der Waals surface area (Å²) >= 11 is 0. The predicted molar refractivity (Wildman–Crippen MR) is 105 cm³/mol. The van der Waals surface area contributed by atoms with Crippen LogP contribution in [0.15, 0.2) is 53.4 Å². The summed E-state index contributed by atoms with van der Waals surface area (Å²) in [7, 11) is -2.93. The summed E-state index contributed by atoms with van der Waals surface area (Å²) in [5.74, 6) is -1.21. The molecule has 0 radical (unpaired) electrons. The Morgan fingerprint density at radius 2 is 1.79 bits per heavy atom. The third kappa shape index (κ3) is 6.03. The number of carbonyl (C=O) groups is 1. The molecule has 0 saturated carbocycles. The topological polar surface area (TPSA) is 84.5 Å². The summed E-state index contributed by atoms with van der Waals surface area (Å²) in [6.45, 7) is 5.40. The van der Waals surface area contributed by atoms with Crippen molar-refractivity contribution < 1.29 is 22.3 Å². The molecule has 1 unspecified atom stereocenters. The molecule has 0 saturated heterocycles. The quantitative estimate of drug-likeness (QED) is 0.738. The van der Waals surface area contributed by atoms with Gasteiger partial charge in [-0.15, -0.1) is 0 Å². The highest BCUT2D eigenvalue weighted by molar-refractivity contribution is 7.89. The Kier molecular flexibility index (Phi) is 6.79. The van der Waals surface area contributed by atoms with Crippen molar-refractivity contribution in [2.45, 2.75) is 43.7 Å². The maximum Gasteiger partial charge on any atom is 0.245 e. The molecular weight excluding hydrogens is 383 g/mol. The van der Waals surface area contributed by atoms with Crippen LogP contribution in [0.4, 0.5) is 4.39 Å². The molecule has 8 heteroatoms. The summed E-state index contributed by atoms with van der Waals surface area (Å²) in [4.78, 5) is 12.4. The number of methoxy groups -OCH3 is 1. The molecule has 0 bridgehead atoms. The minimum absolute atomic E-state index is 0.0106. The summed E-state index contributed by atoms with van der Waals surface area (Å²) in [6.07, 6.45) is 0.139. The number of amides is 1. The molecule has 1 amide bonds. The number of carbonyl (C=O) groups excluding carboxylic acids is 1. The molecule has 0 spiro atoms. The van der Waals surface area contributed by atoms with Crippen molar-refractivity contribution in [2.24, 2.45) is 0 Å². The van der Waals surface area contributed by atoms with Crippen molar-refractivity contribution in [3.05, 3.63) is 59.9 Å². The van der Waals surface area contributed by atoms with E-state index in [0.29, 0.717) is 0 Å². The van der Waals surface area contributed by atoms with Gasteiger partial charge in [0.1, 0.15) is 22.5 Å². The number of hydrogen-bond acceptors (Lipinski definition) is 4. The average Bonchev–Trinajstić information content (AvgIpc) is 2.60. The molecule has 1 atom stereocenters. The molecule has 0 aliphatic heterocycles. The monoisotopic (exact) mass is 408 g/mol. The molecule has 28 heavy (non-hydrogen) atoms. The standard InChI is InChI=1S/C20H25FN2O4S/c1-20(2,3)22-19(24)16(12-14-8-6-5-7-9-14)23-28(25,26)18-13-15(21)10-11-17(18)27-4/h5-11,13,16,23H,12H2,1-4H3,(H,22,24). The highest BCUT2D eigenvalue weighted by Gasteiger charge is 2.30. The maximum absolute atomic E-state index is 13.7. The Morgan fingerprint density at radius 1 is 1.14 bits per heavy atom. The number of hydrogen-bond donors (Lipinski definition) is 2. The van der Waals surface area contributed by atoms with Crippen molar-refractivity contribution in [2.75, 3.05) is 7.11 Å². The molecule has 0 aliphatic carbocycles. The van der Waals surface area contributed by atoms with Gasteiger partial charge in [0.2, 0.25) is 15.9 Å². The first kappa shape index (κ1) is 21.8. The zero-order valence-electron chi connectivity index (χ0n) is 16.3. The SMILES string of the molecule is COc1ccc(F)cc1S(=O)(=O)NC(Cc1ccccc1)C(=O)NC(C)(C)C. The van der Waals surface area contributed by atoms with Crippen LogP contribution < -0.4 is 14.8 Å². The molecule has 0 fully saturated rings. The van der Waals surface area contributed by atoms with Gasteiger partial charge in [-0.2, -0.15) is 4.72 Å². The van der Waals surface area contributed by atoms with E-state index in [9.17, 15) is 17.6 Å². The van der Waals surface area contributed by atoms with Crippen LogP contribution in [-0.2, 0) is 21.2 Å². The fourth-order valence-corrected chi connectivity index (χ4v) is 3.98. The number of sulfonamides is 1. The Balaban J connectivity index is 2.37. The summed E-state index contributed by atoms with van der Waals surface area (Å²) in [5, 5.41) is 2.78. The van der Waals surface area contributed by atoms with E-state index in [-0.39, 0.29) is 17.1 Å². The Labute approximate surface area is 165 Å². The molecule has 0 aliphatic rings. The van der Waals surface area contributed by atoms with Gasteiger partial charge in [-0.25, -0.2) is 12.8 Å². The molecule has 0 heterocycles. The number of ether oxygens (including phenoxy) is 1. The number of halogens is 1. The molecule has 2 aromatic carbocycles. The second kappa shape index (κ2) is 8.70. The molecule has 2 N–H and O–H groups in total. The van der Waals surface area contributed by atoms with Crippen LogP contribution in [0.1, 0.15) is 26.3 Å². The molecular formula is C20H25FN2O4S. The third-order valence-corrected chi connectivity index (χ3v) is 5.30. The summed E-state index contributed by atoms with van der Waals surface area (Å²) in [5.41, 5.74) is 0.235.